The van der Waals surface area contributed by atoms with E-state index in [9.17, 15) is 0 Å². The van der Waals surface area contributed by atoms with Gasteiger partial charge in [0.1, 0.15) is 5.82 Å². The molecule has 2 aromatic heterocycles. The average Bonchev–Trinajstić information content (AvgIpc) is 2.74. The molecule has 3 rings (SSSR count). The van der Waals surface area contributed by atoms with E-state index in [0.29, 0.717) is 0 Å². The van der Waals surface area contributed by atoms with E-state index in [4.69, 9.17) is 0 Å². The van der Waals surface area contributed by atoms with Gasteiger partial charge in [-0.3, -0.25) is 10.1 Å². The lowest BCUT2D eigenvalue weighted by molar-refractivity contribution is 0.724. The van der Waals surface area contributed by atoms with Gasteiger partial charge in [-0.15, -0.1) is 5.10 Å². The van der Waals surface area contributed by atoms with Crippen molar-refractivity contribution in [2.75, 3.05) is 31.1 Å². The molecule has 0 unspecified atom stereocenters. The number of rotatable bonds is 3. The zero-order chi connectivity index (χ0) is 12.9. The standard InChI is InChI=1S/C13H18N6/c1-3-11(10-15-4-1)9-12-16-13(18-17-12)19-7-2-5-14-6-8-19/h1,3-4,10,14H,2,5-9H2,(H,16,17,18). The molecule has 3 heterocycles. The maximum Gasteiger partial charge on any atom is 0.244 e. The number of nitrogens with zero attached hydrogens (tertiary/aromatic N) is 4. The van der Waals surface area contributed by atoms with Crippen LogP contribution in [-0.4, -0.2) is 46.3 Å². The van der Waals surface area contributed by atoms with Crippen LogP contribution in [0.4, 0.5) is 5.95 Å². The molecule has 0 aliphatic carbocycles. The van der Waals surface area contributed by atoms with Crippen LogP contribution < -0.4 is 10.2 Å². The molecule has 0 saturated carbocycles. The Bertz CT molecular complexity index is 501. The van der Waals surface area contributed by atoms with Crippen LogP contribution in [0.5, 0.6) is 0 Å². The number of H-pyrrole nitrogens is 1. The van der Waals surface area contributed by atoms with Crippen molar-refractivity contribution >= 4 is 5.95 Å². The number of aromatic amines is 1. The van der Waals surface area contributed by atoms with Crippen LogP contribution in [0.1, 0.15) is 17.8 Å². The van der Waals surface area contributed by atoms with Crippen molar-refractivity contribution in [3.8, 4) is 0 Å². The first-order valence-corrected chi connectivity index (χ1v) is 6.68. The zero-order valence-electron chi connectivity index (χ0n) is 10.8. The zero-order valence-corrected chi connectivity index (χ0v) is 10.8. The van der Waals surface area contributed by atoms with E-state index in [1.165, 1.54) is 0 Å². The van der Waals surface area contributed by atoms with E-state index in [-0.39, 0.29) is 0 Å². The van der Waals surface area contributed by atoms with Crippen LogP contribution >= 0.6 is 0 Å². The summed E-state index contributed by atoms with van der Waals surface area (Å²) >= 11 is 0. The second-order valence-corrected chi connectivity index (χ2v) is 4.71. The third-order valence-electron chi connectivity index (χ3n) is 3.24. The van der Waals surface area contributed by atoms with Gasteiger partial charge in [-0.1, -0.05) is 6.07 Å². The third-order valence-corrected chi connectivity index (χ3v) is 3.24. The Morgan fingerprint density at radius 2 is 2.26 bits per heavy atom. The van der Waals surface area contributed by atoms with Crippen LogP contribution in [0.3, 0.4) is 0 Å². The highest BCUT2D eigenvalue weighted by atomic mass is 15.4. The second kappa shape index (κ2) is 5.79. The predicted octanol–water partition coefficient (Wildman–Crippen LogP) is 0.590. The van der Waals surface area contributed by atoms with Crippen molar-refractivity contribution in [2.24, 2.45) is 0 Å². The molecule has 0 radical (unpaired) electrons. The summed E-state index contributed by atoms with van der Waals surface area (Å²) in [6, 6.07) is 3.98. The number of hydrogen-bond acceptors (Lipinski definition) is 5. The minimum Gasteiger partial charge on any atom is -0.338 e. The van der Waals surface area contributed by atoms with Crippen LogP contribution in [0, 0.1) is 0 Å². The average molecular weight is 258 g/mol. The topological polar surface area (TPSA) is 69.7 Å². The molecule has 1 fully saturated rings. The maximum atomic E-state index is 4.57. The quantitative estimate of drug-likeness (QED) is 0.843. The minimum absolute atomic E-state index is 0.743. The summed E-state index contributed by atoms with van der Waals surface area (Å²) in [4.78, 5) is 10.9. The summed E-state index contributed by atoms with van der Waals surface area (Å²) in [5, 5.41) is 10.7. The highest BCUT2D eigenvalue weighted by molar-refractivity contribution is 5.30. The van der Waals surface area contributed by atoms with Crippen molar-refractivity contribution < 1.29 is 0 Å². The highest BCUT2D eigenvalue weighted by Crippen LogP contribution is 2.11. The fraction of sp³-hybridized carbons (Fsp3) is 0.462. The Balaban J connectivity index is 1.68. The largest absolute Gasteiger partial charge is 0.338 e. The lowest BCUT2D eigenvalue weighted by Crippen LogP contribution is -2.28. The van der Waals surface area contributed by atoms with Gasteiger partial charge in [0, 0.05) is 38.4 Å². The summed E-state index contributed by atoms with van der Waals surface area (Å²) in [6.07, 6.45) is 5.51. The first-order valence-electron chi connectivity index (χ1n) is 6.68. The van der Waals surface area contributed by atoms with Crippen LogP contribution in [-0.2, 0) is 6.42 Å². The molecule has 100 valence electrons. The van der Waals surface area contributed by atoms with Gasteiger partial charge in [-0.05, 0) is 24.6 Å². The lowest BCUT2D eigenvalue weighted by Gasteiger charge is -2.16. The summed E-state index contributed by atoms with van der Waals surface area (Å²) in [5.41, 5.74) is 1.14. The number of pyridine rings is 1. The van der Waals surface area contributed by atoms with Crippen LogP contribution in [0.15, 0.2) is 24.5 Å². The minimum atomic E-state index is 0.743. The molecule has 0 bridgehead atoms. The molecule has 1 aliphatic rings. The molecule has 0 aromatic carbocycles. The Hall–Kier alpha value is -1.95. The predicted molar refractivity (Wildman–Crippen MR) is 73.1 cm³/mol. The van der Waals surface area contributed by atoms with Crippen molar-refractivity contribution in [1.29, 1.82) is 0 Å². The lowest BCUT2D eigenvalue weighted by atomic mass is 10.2. The maximum absolute atomic E-state index is 4.57. The van der Waals surface area contributed by atoms with Gasteiger partial charge in [-0.2, -0.15) is 4.98 Å². The van der Waals surface area contributed by atoms with Gasteiger partial charge in [0.05, 0.1) is 0 Å². The SMILES string of the molecule is c1cncc(Cc2nc(N3CCCNCC3)n[nH]2)c1. The van der Waals surface area contributed by atoms with Crippen LogP contribution in [0.2, 0.25) is 0 Å². The smallest absolute Gasteiger partial charge is 0.244 e. The highest BCUT2D eigenvalue weighted by Gasteiger charge is 2.14. The summed E-state index contributed by atoms with van der Waals surface area (Å²) in [5.74, 6) is 1.70. The molecule has 0 atom stereocenters. The number of nitrogens with one attached hydrogen (secondary N) is 2. The van der Waals surface area contributed by atoms with E-state index < -0.39 is 0 Å². The molecule has 1 aliphatic heterocycles. The summed E-state index contributed by atoms with van der Waals surface area (Å²) in [7, 11) is 0. The van der Waals surface area contributed by atoms with Gasteiger partial charge in [0.2, 0.25) is 5.95 Å². The molecule has 2 aromatic rings. The van der Waals surface area contributed by atoms with Crippen molar-refractivity contribution in [1.82, 2.24) is 25.5 Å². The molecule has 1 saturated heterocycles. The number of anilines is 1. The van der Waals surface area contributed by atoms with E-state index in [2.05, 4.69) is 30.4 Å². The number of hydrogen-bond donors (Lipinski definition) is 2. The molecular weight excluding hydrogens is 240 g/mol. The Kier molecular flexibility index (Phi) is 3.69. The summed E-state index contributed by atoms with van der Waals surface area (Å²) in [6.45, 7) is 4.04. The molecule has 19 heavy (non-hydrogen) atoms. The molecule has 0 amide bonds. The Labute approximate surface area is 112 Å². The van der Waals surface area contributed by atoms with Gasteiger partial charge in [-0.25, -0.2) is 0 Å². The normalized spacial score (nSPS) is 16.3. The van der Waals surface area contributed by atoms with Crippen molar-refractivity contribution in [3.05, 3.63) is 35.9 Å². The first kappa shape index (κ1) is 12.1. The van der Waals surface area contributed by atoms with E-state index in [1.54, 1.807) is 6.20 Å². The molecular formula is C13H18N6. The molecule has 2 N–H and O–H groups in total. The van der Waals surface area contributed by atoms with E-state index >= 15 is 0 Å². The Morgan fingerprint density at radius 1 is 1.26 bits per heavy atom. The molecule has 6 heteroatoms. The molecule has 6 nitrogen and oxygen atoms in total. The summed E-state index contributed by atoms with van der Waals surface area (Å²) < 4.78 is 0. The third kappa shape index (κ3) is 3.08. The molecule has 0 spiro atoms. The van der Waals surface area contributed by atoms with E-state index in [1.807, 2.05) is 18.3 Å². The van der Waals surface area contributed by atoms with Crippen molar-refractivity contribution in [2.45, 2.75) is 12.8 Å². The monoisotopic (exact) mass is 258 g/mol. The van der Waals surface area contributed by atoms with Gasteiger partial charge in [0.15, 0.2) is 0 Å². The van der Waals surface area contributed by atoms with Gasteiger partial charge in [0.25, 0.3) is 0 Å². The fourth-order valence-corrected chi connectivity index (χ4v) is 2.25. The van der Waals surface area contributed by atoms with Gasteiger partial charge < -0.3 is 10.2 Å². The van der Waals surface area contributed by atoms with Crippen molar-refractivity contribution in [3.63, 3.8) is 0 Å². The first-order chi connectivity index (χ1) is 9.42. The Morgan fingerprint density at radius 3 is 3.16 bits per heavy atom. The van der Waals surface area contributed by atoms with Crippen LogP contribution in [0.25, 0.3) is 0 Å². The number of aromatic nitrogens is 4. The van der Waals surface area contributed by atoms with Gasteiger partial charge >= 0.3 is 0 Å². The second-order valence-electron chi connectivity index (χ2n) is 4.71. The fourth-order valence-electron chi connectivity index (χ4n) is 2.25. The van der Waals surface area contributed by atoms with E-state index in [0.717, 1.165) is 56.4 Å².